The van der Waals surface area contributed by atoms with Crippen LogP contribution in [-0.2, 0) is 6.42 Å². The molecule has 1 fully saturated rings. The highest BCUT2D eigenvalue weighted by Gasteiger charge is 2.33. The van der Waals surface area contributed by atoms with Crippen LogP contribution in [0.1, 0.15) is 31.7 Å². The molecule has 2 aromatic carbocycles. The topological polar surface area (TPSA) is 52.6 Å². The predicted octanol–water partition coefficient (Wildman–Crippen LogP) is 3.58. The summed E-state index contributed by atoms with van der Waals surface area (Å²) in [6.45, 7) is 4.45. The molecule has 0 unspecified atom stereocenters. The highest BCUT2D eigenvalue weighted by atomic mass is 16.3. The molecule has 0 bridgehead atoms. The van der Waals surface area contributed by atoms with Crippen molar-refractivity contribution in [2.45, 2.75) is 32.6 Å². The number of urea groups is 1. The Morgan fingerprint density at radius 1 is 1.16 bits per heavy atom. The van der Waals surface area contributed by atoms with Crippen LogP contribution >= 0.6 is 0 Å². The second-order valence-electron chi connectivity index (χ2n) is 7.12. The molecule has 3 rings (SSSR count). The Hall–Kier alpha value is -2.07. The first kappa shape index (κ1) is 17.7. The van der Waals surface area contributed by atoms with Crippen molar-refractivity contribution in [3.63, 3.8) is 0 Å². The molecule has 1 aliphatic rings. The van der Waals surface area contributed by atoms with Crippen molar-refractivity contribution in [2.75, 3.05) is 26.2 Å². The third kappa shape index (κ3) is 3.96. The maximum atomic E-state index is 12.4. The lowest BCUT2D eigenvalue weighted by atomic mass is 9.77. The number of nitrogens with zero attached hydrogens (tertiary/aromatic N) is 1. The van der Waals surface area contributed by atoms with Crippen LogP contribution in [0.3, 0.4) is 0 Å². The molecule has 0 saturated carbocycles. The van der Waals surface area contributed by atoms with Crippen LogP contribution in [0.2, 0.25) is 0 Å². The van der Waals surface area contributed by atoms with Gasteiger partial charge in [0.05, 0.1) is 0 Å². The summed E-state index contributed by atoms with van der Waals surface area (Å²) in [5, 5.41) is 15.2. The molecule has 2 aromatic rings. The van der Waals surface area contributed by atoms with E-state index >= 15 is 0 Å². The van der Waals surface area contributed by atoms with Gasteiger partial charge in [-0.3, -0.25) is 0 Å². The summed E-state index contributed by atoms with van der Waals surface area (Å²) in [4.78, 5) is 14.3. The monoisotopic (exact) mass is 340 g/mol. The molecule has 0 spiro atoms. The van der Waals surface area contributed by atoms with Crippen LogP contribution in [-0.4, -0.2) is 42.3 Å². The quantitative estimate of drug-likeness (QED) is 0.874. The zero-order valence-corrected chi connectivity index (χ0v) is 15.0. The second kappa shape index (κ2) is 7.87. The molecule has 2 amide bonds. The Balaban J connectivity index is 1.52. The van der Waals surface area contributed by atoms with Crippen LogP contribution in [0.4, 0.5) is 4.79 Å². The number of hydrogen-bond acceptors (Lipinski definition) is 2. The fourth-order valence-electron chi connectivity index (χ4n) is 3.73. The molecule has 4 heteroatoms. The van der Waals surface area contributed by atoms with Gasteiger partial charge in [-0.2, -0.15) is 0 Å². The molecular weight excluding hydrogens is 312 g/mol. The van der Waals surface area contributed by atoms with Crippen molar-refractivity contribution in [1.82, 2.24) is 10.2 Å². The van der Waals surface area contributed by atoms with Gasteiger partial charge in [-0.15, -0.1) is 0 Å². The van der Waals surface area contributed by atoms with Gasteiger partial charge >= 0.3 is 6.03 Å². The Morgan fingerprint density at radius 2 is 1.88 bits per heavy atom. The SMILES string of the molecule is CCC1(CO)CCN(C(=O)NCCc2cccc3ccccc23)CC1. The van der Waals surface area contributed by atoms with Crippen molar-refractivity contribution in [1.29, 1.82) is 0 Å². The maximum absolute atomic E-state index is 12.4. The number of piperidine rings is 1. The van der Waals surface area contributed by atoms with Crippen molar-refractivity contribution in [2.24, 2.45) is 5.41 Å². The highest BCUT2D eigenvalue weighted by Crippen LogP contribution is 2.34. The second-order valence-corrected chi connectivity index (χ2v) is 7.12. The van der Waals surface area contributed by atoms with E-state index in [0.717, 1.165) is 38.8 Å². The number of carbonyl (C=O) groups excluding carboxylic acids is 1. The molecule has 2 N–H and O–H groups in total. The van der Waals surface area contributed by atoms with E-state index in [0.29, 0.717) is 6.54 Å². The molecule has 4 nitrogen and oxygen atoms in total. The van der Waals surface area contributed by atoms with Crippen LogP contribution in [0.5, 0.6) is 0 Å². The average molecular weight is 340 g/mol. The van der Waals surface area contributed by atoms with Gasteiger partial charge in [0.2, 0.25) is 0 Å². The summed E-state index contributed by atoms with van der Waals surface area (Å²) in [5.74, 6) is 0. The first-order valence-electron chi connectivity index (χ1n) is 9.28. The lowest BCUT2D eigenvalue weighted by Gasteiger charge is -2.40. The van der Waals surface area contributed by atoms with Crippen LogP contribution in [0.15, 0.2) is 42.5 Å². The molecular formula is C21H28N2O2. The maximum Gasteiger partial charge on any atom is 0.317 e. The third-order valence-electron chi connectivity index (χ3n) is 5.75. The predicted molar refractivity (Wildman–Crippen MR) is 102 cm³/mol. The molecule has 134 valence electrons. The fourth-order valence-corrected chi connectivity index (χ4v) is 3.73. The van der Waals surface area contributed by atoms with Gasteiger partial charge in [0.25, 0.3) is 0 Å². The number of fused-ring (bicyclic) bond motifs is 1. The van der Waals surface area contributed by atoms with Gasteiger partial charge in [0.15, 0.2) is 0 Å². The average Bonchev–Trinajstić information content (AvgIpc) is 2.68. The number of nitrogens with one attached hydrogen (secondary N) is 1. The number of hydrogen-bond donors (Lipinski definition) is 2. The van der Waals surface area contributed by atoms with E-state index in [1.807, 2.05) is 11.0 Å². The van der Waals surface area contributed by atoms with E-state index in [2.05, 4.69) is 48.6 Å². The molecule has 0 aromatic heterocycles. The number of carbonyl (C=O) groups is 1. The highest BCUT2D eigenvalue weighted by molar-refractivity contribution is 5.85. The molecule has 1 heterocycles. The Kier molecular flexibility index (Phi) is 5.59. The van der Waals surface area contributed by atoms with E-state index in [1.54, 1.807) is 0 Å². The van der Waals surface area contributed by atoms with E-state index in [1.165, 1.54) is 16.3 Å². The van der Waals surface area contributed by atoms with Crippen LogP contribution < -0.4 is 5.32 Å². The Bertz CT molecular complexity index is 709. The van der Waals surface area contributed by atoms with Crippen LogP contribution in [0, 0.1) is 5.41 Å². The number of likely N-dealkylation sites (tertiary alicyclic amines) is 1. The summed E-state index contributed by atoms with van der Waals surface area (Å²) in [7, 11) is 0. The van der Waals surface area contributed by atoms with Crippen molar-refractivity contribution >= 4 is 16.8 Å². The number of benzene rings is 2. The molecule has 0 aliphatic carbocycles. The number of rotatable bonds is 5. The van der Waals surface area contributed by atoms with Gasteiger partial charge in [-0.05, 0) is 47.4 Å². The summed E-state index contributed by atoms with van der Waals surface area (Å²) < 4.78 is 0. The largest absolute Gasteiger partial charge is 0.396 e. The van der Waals surface area contributed by atoms with E-state index in [-0.39, 0.29) is 18.1 Å². The third-order valence-corrected chi connectivity index (χ3v) is 5.75. The van der Waals surface area contributed by atoms with E-state index in [4.69, 9.17) is 0 Å². The zero-order chi connectivity index (χ0) is 17.7. The van der Waals surface area contributed by atoms with Crippen molar-refractivity contribution < 1.29 is 9.90 Å². The molecule has 0 radical (unpaired) electrons. The summed E-state index contributed by atoms with van der Waals surface area (Å²) >= 11 is 0. The Morgan fingerprint density at radius 3 is 2.60 bits per heavy atom. The van der Waals surface area contributed by atoms with Gasteiger partial charge < -0.3 is 15.3 Å². The zero-order valence-electron chi connectivity index (χ0n) is 15.0. The van der Waals surface area contributed by atoms with Gasteiger partial charge in [0, 0.05) is 26.2 Å². The number of amides is 2. The smallest absolute Gasteiger partial charge is 0.317 e. The summed E-state index contributed by atoms with van der Waals surface area (Å²) in [5.41, 5.74) is 1.28. The van der Waals surface area contributed by atoms with Gasteiger partial charge in [-0.1, -0.05) is 49.4 Å². The summed E-state index contributed by atoms with van der Waals surface area (Å²) in [6.07, 6.45) is 3.57. The molecule has 25 heavy (non-hydrogen) atoms. The van der Waals surface area contributed by atoms with E-state index < -0.39 is 0 Å². The minimum atomic E-state index is 0.0136. The van der Waals surface area contributed by atoms with Crippen molar-refractivity contribution in [3.8, 4) is 0 Å². The fraction of sp³-hybridized carbons (Fsp3) is 0.476. The minimum absolute atomic E-state index is 0.0136. The lowest BCUT2D eigenvalue weighted by molar-refractivity contribution is 0.0520. The first-order chi connectivity index (χ1) is 12.2. The lowest BCUT2D eigenvalue weighted by Crippen LogP contribution is -2.48. The van der Waals surface area contributed by atoms with E-state index in [9.17, 15) is 9.90 Å². The summed E-state index contributed by atoms with van der Waals surface area (Å²) in [6, 6.07) is 14.7. The van der Waals surface area contributed by atoms with Crippen LogP contribution in [0.25, 0.3) is 10.8 Å². The normalized spacial score (nSPS) is 16.8. The molecule has 0 atom stereocenters. The van der Waals surface area contributed by atoms with Gasteiger partial charge in [0.1, 0.15) is 0 Å². The Labute approximate surface area is 149 Å². The first-order valence-corrected chi connectivity index (χ1v) is 9.28. The molecule has 1 aliphatic heterocycles. The number of aliphatic hydroxyl groups is 1. The standard InChI is InChI=1S/C21H28N2O2/c1-2-21(16-24)11-14-23(15-12-21)20(25)22-13-10-18-8-5-7-17-6-3-4-9-19(17)18/h3-9,24H,2,10-16H2,1H3,(H,22,25). The van der Waals surface area contributed by atoms with Gasteiger partial charge in [-0.25, -0.2) is 4.79 Å². The van der Waals surface area contributed by atoms with Crippen molar-refractivity contribution in [3.05, 3.63) is 48.0 Å². The minimum Gasteiger partial charge on any atom is -0.396 e. The molecule has 1 saturated heterocycles. The number of aliphatic hydroxyl groups excluding tert-OH is 1.